The van der Waals surface area contributed by atoms with Crippen molar-refractivity contribution in [2.45, 2.75) is 0 Å². The largest absolute Gasteiger partial charge is 0.348 e. The lowest BCUT2D eigenvalue weighted by molar-refractivity contribution is 0.613. The number of hydrogen-bond donors (Lipinski definition) is 0. The molecule has 0 N–H and O–H groups in total. The number of aryl methyl sites for hydroxylation is 1. The van der Waals surface area contributed by atoms with E-state index in [2.05, 4.69) is 0 Å². The van der Waals surface area contributed by atoms with Crippen LogP contribution in [0.25, 0.3) is 10.9 Å². The molecule has 1 aromatic carbocycles. The normalized spacial score (nSPS) is 10.9. The highest BCUT2D eigenvalue weighted by atomic mass is 19.1. The average Bonchev–Trinajstić information content (AvgIpc) is 2.42. The van der Waals surface area contributed by atoms with Gasteiger partial charge in [0.15, 0.2) is 0 Å². The quantitative estimate of drug-likeness (QED) is 0.568. The first-order chi connectivity index (χ1) is 5.70. The molecular formula is C9H7F2N. The van der Waals surface area contributed by atoms with E-state index in [9.17, 15) is 8.78 Å². The predicted octanol–water partition coefficient (Wildman–Crippen LogP) is 2.46. The molecule has 12 heavy (non-hydrogen) atoms. The summed E-state index contributed by atoms with van der Waals surface area (Å²) < 4.78 is 27.6. The van der Waals surface area contributed by atoms with E-state index in [1.54, 1.807) is 23.9 Å². The lowest BCUT2D eigenvalue weighted by Gasteiger charge is -1.97. The van der Waals surface area contributed by atoms with E-state index in [-0.39, 0.29) is 11.6 Å². The Kier molecular flexibility index (Phi) is 1.40. The molecule has 0 bridgehead atoms. The van der Waals surface area contributed by atoms with Crippen molar-refractivity contribution >= 4 is 10.9 Å². The monoisotopic (exact) mass is 167 g/mol. The molecule has 0 unspecified atom stereocenters. The van der Waals surface area contributed by atoms with Crippen molar-refractivity contribution in [3.8, 4) is 0 Å². The Balaban J connectivity index is 2.98. The highest BCUT2D eigenvalue weighted by Crippen LogP contribution is 2.20. The van der Waals surface area contributed by atoms with Crippen molar-refractivity contribution < 1.29 is 8.78 Å². The smallest absolute Gasteiger partial charge is 0.147 e. The fraction of sp³-hybridized carbons (Fsp3) is 0.111. The van der Waals surface area contributed by atoms with Gasteiger partial charge in [-0.1, -0.05) is 0 Å². The van der Waals surface area contributed by atoms with Crippen LogP contribution in [-0.4, -0.2) is 4.57 Å². The van der Waals surface area contributed by atoms with Crippen LogP contribution in [0.1, 0.15) is 0 Å². The first-order valence-electron chi connectivity index (χ1n) is 3.59. The summed E-state index contributed by atoms with van der Waals surface area (Å²) in [6.45, 7) is 0. The van der Waals surface area contributed by atoms with E-state index in [1.165, 1.54) is 0 Å². The number of rotatable bonds is 0. The second kappa shape index (κ2) is 2.30. The number of fused-ring (bicyclic) bond motifs is 1. The SMILES string of the molecule is Cn1ccc2c(F)ccc(F)c21. The number of benzene rings is 1. The van der Waals surface area contributed by atoms with Gasteiger partial charge >= 0.3 is 0 Å². The van der Waals surface area contributed by atoms with E-state index >= 15 is 0 Å². The summed E-state index contributed by atoms with van der Waals surface area (Å²) >= 11 is 0. The van der Waals surface area contributed by atoms with Crippen LogP contribution < -0.4 is 0 Å². The third kappa shape index (κ3) is 0.826. The zero-order chi connectivity index (χ0) is 8.72. The van der Waals surface area contributed by atoms with E-state index in [4.69, 9.17) is 0 Å². The molecule has 3 heteroatoms. The molecule has 0 radical (unpaired) electrons. The number of halogens is 2. The number of nitrogens with zero attached hydrogens (tertiary/aromatic N) is 1. The first kappa shape index (κ1) is 7.28. The van der Waals surface area contributed by atoms with Crippen molar-refractivity contribution in [1.29, 1.82) is 0 Å². The molecule has 0 aliphatic rings. The molecule has 1 nitrogen and oxygen atoms in total. The van der Waals surface area contributed by atoms with Crippen LogP contribution in [0.3, 0.4) is 0 Å². The van der Waals surface area contributed by atoms with E-state index in [1.807, 2.05) is 0 Å². The molecule has 0 aliphatic carbocycles. The molecule has 0 fully saturated rings. The minimum Gasteiger partial charge on any atom is -0.348 e. The maximum atomic E-state index is 13.1. The van der Waals surface area contributed by atoms with Crippen LogP contribution in [-0.2, 0) is 7.05 Å². The van der Waals surface area contributed by atoms with Gasteiger partial charge in [-0.25, -0.2) is 8.78 Å². The van der Waals surface area contributed by atoms with Crippen LogP contribution in [0.4, 0.5) is 8.78 Å². The Morgan fingerprint density at radius 2 is 1.75 bits per heavy atom. The Morgan fingerprint density at radius 3 is 2.42 bits per heavy atom. The van der Waals surface area contributed by atoms with Gasteiger partial charge in [0.2, 0.25) is 0 Å². The Morgan fingerprint density at radius 1 is 1.08 bits per heavy atom. The molecule has 0 amide bonds. The average molecular weight is 167 g/mol. The van der Waals surface area contributed by atoms with Crippen molar-refractivity contribution in [2.24, 2.45) is 7.05 Å². The van der Waals surface area contributed by atoms with Gasteiger partial charge in [-0.15, -0.1) is 0 Å². The van der Waals surface area contributed by atoms with Gasteiger partial charge in [-0.3, -0.25) is 0 Å². The summed E-state index contributed by atoms with van der Waals surface area (Å²) in [6, 6.07) is 3.84. The van der Waals surface area contributed by atoms with Gasteiger partial charge in [-0.05, 0) is 18.2 Å². The summed E-state index contributed by atoms with van der Waals surface area (Å²) in [4.78, 5) is 0. The Labute approximate surface area is 68.2 Å². The molecule has 2 aromatic rings. The summed E-state index contributed by atoms with van der Waals surface area (Å²) in [5.74, 6) is -0.772. The van der Waals surface area contributed by atoms with Crippen LogP contribution in [0.5, 0.6) is 0 Å². The topological polar surface area (TPSA) is 4.93 Å². The van der Waals surface area contributed by atoms with E-state index in [0.29, 0.717) is 10.9 Å². The molecule has 0 saturated heterocycles. The van der Waals surface area contributed by atoms with Crippen LogP contribution in [0.15, 0.2) is 24.4 Å². The third-order valence-electron chi connectivity index (χ3n) is 1.93. The van der Waals surface area contributed by atoms with Gasteiger partial charge in [0, 0.05) is 18.6 Å². The highest BCUT2D eigenvalue weighted by Gasteiger charge is 2.07. The molecular weight excluding hydrogens is 160 g/mol. The van der Waals surface area contributed by atoms with Gasteiger partial charge in [0.25, 0.3) is 0 Å². The fourth-order valence-corrected chi connectivity index (χ4v) is 1.33. The van der Waals surface area contributed by atoms with Gasteiger partial charge in [0.1, 0.15) is 11.6 Å². The molecule has 0 saturated carbocycles. The standard InChI is InChI=1S/C9H7F2N/c1-12-5-4-6-7(10)2-3-8(11)9(6)12/h2-5H,1H3. The third-order valence-corrected chi connectivity index (χ3v) is 1.93. The molecule has 0 aliphatic heterocycles. The first-order valence-corrected chi connectivity index (χ1v) is 3.59. The highest BCUT2D eigenvalue weighted by molar-refractivity contribution is 5.81. The van der Waals surface area contributed by atoms with Crippen LogP contribution in [0.2, 0.25) is 0 Å². The molecule has 1 aromatic heterocycles. The second-order valence-corrected chi connectivity index (χ2v) is 2.72. The minimum absolute atomic E-state index is 0.315. The molecule has 62 valence electrons. The summed E-state index contributed by atoms with van der Waals surface area (Å²) in [7, 11) is 1.69. The van der Waals surface area contributed by atoms with Crippen molar-refractivity contribution in [1.82, 2.24) is 4.57 Å². The zero-order valence-electron chi connectivity index (χ0n) is 6.51. The summed E-state index contributed by atoms with van der Waals surface area (Å²) in [6.07, 6.45) is 1.64. The number of aromatic nitrogens is 1. The minimum atomic E-state index is -0.390. The van der Waals surface area contributed by atoms with Crippen molar-refractivity contribution in [3.05, 3.63) is 36.0 Å². The molecule has 1 heterocycles. The second-order valence-electron chi connectivity index (χ2n) is 2.72. The predicted molar refractivity (Wildman–Crippen MR) is 42.8 cm³/mol. The molecule has 0 atom stereocenters. The van der Waals surface area contributed by atoms with E-state index < -0.39 is 0 Å². The summed E-state index contributed by atoms with van der Waals surface area (Å²) in [5.41, 5.74) is 0.315. The van der Waals surface area contributed by atoms with Gasteiger partial charge in [0.05, 0.1) is 5.52 Å². The van der Waals surface area contributed by atoms with Crippen molar-refractivity contribution in [3.63, 3.8) is 0 Å². The van der Waals surface area contributed by atoms with Crippen molar-refractivity contribution in [2.75, 3.05) is 0 Å². The zero-order valence-corrected chi connectivity index (χ0v) is 6.51. The van der Waals surface area contributed by atoms with Gasteiger partial charge in [-0.2, -0.15) is 0 Å². The van der Waals surface area contributed by atoms with E-state index in [0.717, 1.165) is 12.1 Å². The molecule has 2 rings (SSSR count). The van der Waals surface area contributed by atoms with Crippen LogP contribution in [0, 0.1) is 11.6 Å². The lowest BCUT2D eigenvalue weighted by atomic mass is 10.2. The Hall–Kier alpha value is -1.38. The van der Waals surface area contributed by atoms with Gasteiger partial charge < -0.3 is 4.57 Å². The maximum absolute atomic E-state index is 13.1. The summed E-state index contributed by atoms with van der Waals surface area (Å²) in [5, 5.41) is 0.331. The van der Waals surface area contributed by atoms with Crippen LogP contribution >= 0.6 is 0 Å². The number of hydrogen-bond acceptors (Lipinski definition) is 0. The lowest BCUT2D eigenvalue weighted by Crippen LogP contribution is -1.89. The maximum Gasteiger partial charge on any atom is 0.147 e. The Bertz CT molecular complexity index is 431. The fourth-order valence-electron chi connectivity index (χ4n) is 1.33. The molecule has 0 spiro atoms.